The van der Waals surface area contributed by atoms with Gasteiger partial charge in [0.1, 0.15) is 0 Å². The van der Waals surface area contributed by atoms with E-state index in [4.69, 9.17) is 5.73 Å². The summed E-state index contributed by atoms with van der Waals surface area (Å²) in [5.74, 6) is -0.000668. The number of nitrogens with zero attached hydrogens (tertiary/aromatic N) is 3. The quantitative estimate of drug-likeness (QED) is 0.724. The van der Waals surface area contributed by atoms with Crippen molar-refractivity contribution in [3.8, 4) is 11.1 Å². The molecule has 1 aliphatic carbocycles. The van der Waals surface area contributed by atoms with Crippen LogP contribution in [0.15, 0.2) is 41.3 Å². The summed E-state index contributed by atoms with van der Waals surface area (Å²) in [5, 5.41) is 12.4. The number of hydrogen-bond acceptors (Lipinski definition) is 5. The highest BCUT2D eigenvalue weighted by atomic mass is 16.1. The van der Waals surface area contributed by atoms with E-state index in [0.29, 0.717) is 17.1 Å². The number of primary amides is 1. The van der Waals surface area contributed by atoms with Crippen molar-refractivity contribution in [1.29, 1.82) is 0 Å². The summed E-state index contributed by atoms with van der Waals surface area (Å²) in [5.41, 5.74) is 8.52. The molecule has 0 radical (unpaired) electrons. The summed E-state index contributed by atoms with van der Waals surface area (Å²) < 4.78 is 1.52. The maximum absolute atomic E-state index is 11.9. The number of rotatable bonds is 5. The van der Waals surface area contributed by atoms with Crippen molar-refractivity contribution in [2.24, 2.45) is 18.7 Å². The average molecular weight is 363 g/mol. The highest BCUT2D eigenvalue weighted by Gasteiger charge is 2.29. The van der Waals surface area contributed by atoms with Crippen LogP contribution in [0.3, 0.4) is 0 Å². The van der Waals surface area contributed by atoms with Crippen LogP contribution in [0.4, 0.5) is 5.69 Å². The van der Waals surface area contributed by atoms with E-state index in [1.807, 2.05) is 24.3 Å². The van der Waals surface area contributed by atoms with Crippen LogP contribution in [0.25, 0.3) is 22.0 Å². The van der Waals surface area contributed by atoms with Crippen molar-refractivity contribution >= 4 is 22.5 Å². The molecule has 138 valence electrons. The van der Waals surface area contributed by atoms with E-state index < -0.39 is 5.91 Å². The normalized spacial score (nSPS) is 14.9. The van der Waals surface area contributed by atoms with E-state index in [0.717, 1.165) is 16.5 Å². The number of anilines is 1. The molecular weight excluding hydrogens is 342 g/mol. The molecule has 0 spiro atoms. The fourth-order valence-corrected chi connectivity index (χ4v) is 3.28. The van der Waals surface area contributed by atoms with Crippen LogP contribution >= 0.6 is 0 Å². The molecule has 0 saturated heterocycles. The molecule has 0 bridgehead atoms. The molecule has 2 heterocycles. The van der Waals surface area contributed by atoms with Crippen LogP contribution in [-0.4, -0.2) is 26.7 Å². The average Bonchev–Trinajstić information content (AvgIpc) is 3.48. The van der Waals surface area contributed by atoms with Crippen molar-refractivity contribution in [2.75, 3.05) is 5.32 Å². The van der Waals surface area contributed by atoms with Crippen molar-refractivity contribution in [2.45, 2.75) is 25.8 Å². The van der Waals surface area contributed by atoms with Gasteiger partial charge >= 0.3 is 0 Å². The SMILES string of the molecule is CC(Nc1c(C(N)=O)nnc2cc(-c3ccn(C)c(=O)c3)ccc12)C1CC1. The van der Waals surface area contributed by atoms with Crippen LogP contribution in [0, 0.1) is 5.92 Å². The Labute approximate surface area is 156 Å². The van der Waals surface area contributed by atoms with E-state index in [1.54, 1.807) is 19.3 Å². The molecule has 7 heteroatoms. The number of nitrogens with one attached hydrogen (secondary N) is 1. The lowest BCUT2D eigenvalue weighted by molar-refractivity contribution is 0.0995. The summed E-state index contributed by atoms with van der Waals surface area (Å²) in [6.45, 7) is 2.10. The Bertz CT molecular complexity index is 1100. The fourth-order valence-electron chi connectivity index (χ4n) is 3.28. The second-order valence-electron chi connectivity index (χ2n) is 7.15. The van der Waals surface area contributed by atoms with Gasteiger partial charge in [-0.3, -0.25) is 9.59 Å². The molecule has 3 aromatic rings. The molecule has 1 fully saturated rings. The molecule has 0 aliphatic heterocycles. The molecule has 4 rings (SSSR count). The first-order valence-electron chi connectivity index (χ1n) is 8.98. The lowest BCUT2D eigenvalue weighted by Gasteiger charge is -2.18. The molecule has 2 aromatic heterocycles. The number of benzene rings is 1. The number of aromatic nitrogens is 3. The van der Waals surface area contributed by atoms with Crippen molar-refractivity contribution in [1.82, 2.24) is 14.8 Å². The molecule has 1 amide bonds. The molecule has 1 atom stereocenters. The van der Waals surface area contributed by atoms with Gasteiger partial charge in [0, 0.05) is 30.7 Å². The second-order valence-corrected chi connectivity index (χ2v) is 7.15. The third kappa shape index (κ3) is 3.28. The van der Waals surface area contributed by atoms with E-state index in [9.17, 15) is 9.59 Å². The van der Waals surface area contributed by atoms with Crippen molar-refractivity contribution < 1.29 is 4.79 Å². The Hall–Kier alpha value is -3.22. The number of carbonyl (C=O) groups excluding carboxylic acids is 1. The van der Waals surface area contributed by atoms with E-state index in [1.165, 1.54) is 17.4 Å². The van der Waals surface area contributed by atoms with Crippen molar-refractivity contribution in [3.05, 3.63) is 52.6 Å². The highest BCUT2D eigenvalue weighted by Crippen LogP contribution is 2.36. The van der Waals surface area contributed by atoms with E-state index >= 15 is 0 Å². The summed E-state index contributed by atoms with van der Waals surface area (Å²) in [7, 11) is 1.71. The van der Waals surface area contributed by atoms with Crippen molar-refractivity contribution in [3.63, 3.8) is 0 Å². The standard InChI is InChI=1S/C20H21N5O2/c1-11(12-3-4-12)22-18-15-6-5-13(14-7-8-25(2)17(26)10-14)9-16(15)23-24-19(18)20(21)27/h5-12H,3-4H2,1-2H3,(H2,21,27)(H,22,23). The Kier molecular flexibility index (Phi) is 4.14. The molecule has 1 saturated carbocycles. The predicted molar refractivity (Wildman–Crippen MR) is 105 cm³/mol. The van der Waals surface area contributed by atoms with Crippen LogP contribution in [0.5, 0.6) is 0 Å². The lowest BCUT2D eigenvalue weighted by atomic mass is 10.0. The van der Waals surface area contributed by atoms with Gasteiger partial charge in [-0.25, -0.2) is 0 Å². The van der Waals surface area contributed by atoms with Gasteiger partial charge < -0.3 is 15.6 Å². The first-order chi connectivity index (χ1) is 12.9. The molecule has 1 aliphatic rings. The number of nitrogens with two attached hydrogens (primary N) is 1. The van der Waals surface area contributed by atoms with Gasteiger partial charge in [0.15, 0.2) is 5.69 Å². The Morgan fingerprint density at radius 1 is 1.22 bits per heavy atom. The van der Waals surface area contributed by atoms with E-state index in [-0.39, 0.29) is 17.3 Å². The van der Waals surface area contributed by atoms with Crippen LogP contribution in [0.2, 0.25) is 0 Å². The molecule has 1 unspecified atom stereocenters. The monoisotopic (exact) mass is 363 g/mol. The number of hydrogen-bond donors (Lipinski definition) is 2. The minimum atomic E-state index is -0.606. The Morgan fingerprint density at radius 3 is 2.63 bits per heavy atom. The number of carbonyl (C=O) groups is 1. The van der Waals surface area contributed by atoms with Gasteiger partial charge in [-0.2, -0.15) is 0 Å². The largest absolute Gasteiger partial charge is 0.380 e. The zero-order chi connectivity index (χ0) is 19.1. The first-order valence-corrected chi connectivity index (χ1v) is 8.98. The topological polar surface area (TPSA) is 103 Å². The molecule has 7 nitrogen and oxygen atoms in total. The van der Waals surface area contributed by atoms with Gasteiger partial charge in [-0.15, -0.1) is 10.2 Å². The van der Waals surface area contributed by atoms with Crippen LogP contribution in [-0.2, 0) is 7.05 Å². The minimum absolute atomic E-state index is 0.0802. The second kappa shape index (κ2) is 6.50. The van der Waals surface area contributed by atoms with Crippen LogP contribution < -0.4 is 16.6 Å². The van der Waals surface area contributed by atoms with Crippen LogP contribution in [0.1, 0.15) is 30.3 Å². The van der Waals surface area contributed by atoms with Gasteiger partial charge in [-0.05, 0) is 55.0 Å². The molecular formula is C20H21N5O2. The van der Waals surface area contributed by atoms with Gasteiger partial charge in [-0.1, -0.05) is 6.07 Å². The lowest BCUT2D eigenvalue weighted by Crippen LogP contribution is -2.23. The predicted octanol–water partition coefficient (Wildman–Crippen LogP) is 2.30. The van der Waals surface area contributed by atoms with E-state index in [2.05, 4.69) is 22.4 Å². The zero-order valence-electron chi connectivity index (χ0n) is 15.3. The number of pyridine rings is 1. The molecule has 1 aromatic carbocycles. The summed E-state index contributed by atoms with van der Waals surface area (Å²) >= 11 is 0. The molecule has 27 heavy (non-hydrogen) atoms. The zero-order valence-corrected chi connectivity index (χ0v) is 15.3. The highest BCUT2D eigenvalue weighted by molar-refractivity contribution is 6.05. The summed E-state index contributed by atoms with van der Waals surface area (Å²) in [6.07, 6.45) is 4.10. The van der Waals surface area contributed by atoms with Gasteiger partial charge in [0.2, 0.25) is 0 Å². The van der Waals surface area contributed by atoms with Gasteiger partial charge in [0.25, 0.3) is 11.5 Å². The smallest absolute Gasteiger partial charge is 0.271 e. The third-order valence-electron chi connectivity index (χ3n) is 5.13. The Balaban J connectivity index is 1.82. The summed E-state index contributed by atoms with van der Waals surface area (Å²) in [4.78, 5) is 23.7. The maximum atomic E-state index is 11.9. The maximum Gasteiger partial charge on any atom is 0.271 e. The minimum Gasteiger partial charge on any atom is -0.380 e. The molecule has 3 N–H and O–H groups in total. The Morgan fingerprint density at radius 2 is 1.96 bits per heavy atom. The third-order valence-corrected chi connectivity index (χ3v) is 5.13. The number of fused-ring (bicyclic) bond motifs is 1. The van der Waals surface area contributed by atoms with Gasteiger partial charge in [0.05, 0.1) is 11.2 Å². The number of aryl methyl sites for hydroxylation is 1. The first kappa shape index (κ1) is 17.2. The fraction of sp³-hybridized carbons (Fsp3) is 0.300. The number of amides is 1. The summed E-state index contributed by atoms with van der Waals surface area (Å²) in [6, 6.07) is 9.37.